The number of aryl methyl sites for hydroxylation is 1. The fourth-order valence-corrected chi connectivity index (χ4v) is 2.76. The predicted octanol–water partition coefficient (Wildman–Crippen LogP) is 5.71. The van der Waals surface area contributed by atoms with Crippen LogP contribution in [0.2, 0.25) is 0 Å². The van der Waals surface area contributed by atoms with Crippen molar-refractivity contribution in [3.63, 3.8) is 0 Å². The summed E-state index contributed by atoms with van der Waals surface area (Å²) in [6.45, 7) is 4.11. The van der Waals surface area contributed by atoms with E-state index in [4.69, 9.17) is 0 Å². The number of hydrogen-bond acceptors (Lipinski definition) is 2. The second-order valence-electron chi connectivity index (χ2n) is 6.36. The zero-order chi connectivity index (χ0) is 19.6. The molecule has 3 aromatic carbocycles. The van der Waals surface area contributed by atoms with Gasteiger partial charge in [-0.3, -0.25) is 4.79 Å². The Morgan fingerprint density at radius 1 is 1.07 bits per heavy atom. The summed E-state index contributed by atoms with van der Waals surface area (Å²) in [5, 5.41) is 14.7. The molecule has 0 aliphatic heterocycles. The molecule has 3 heteroatoms. The van der Waals surface area contributed by atoms with Gasteiger partial charge in [0.05, 0.1) is 0 Å². The SMILES string of the molecule is CCC/C=C/c1c(O)ccc2ccccc12.CNC(=O)c1cccc(C)c1. The lowest BCUT2D eigenvalue weighted by molar-refractivity contribution is 0.0963. The highest BCUT2D eigenvalue weighted by atomic mass is 16.3. The molecule has 140 valence electrons. The van der Waals surface area contributed by atoms with Crippen LogP contribution in [0.5, 0.6) is 5.75 Å². The first-order valence-corrected chi connectivity index (χ1v) is 9.22. The second kappa shape index (κ2) is 10.2. The largest absolute Gasteiger partial charge is 0.507 e. The first-order valence-electron chi connectivity index (χ1n) is 9.22. The molecule has 0 unspecified atom stereocenters. The van der Waals surface area contributed by atoms with Gasteiger partial charge >= 0.3 is 0 Å². The maximum Gasteiger partial charge on any atom is 0.251 e. The van der Waals surface area contributed by atoms with Crippen molar-refractivity contribution >= 4 is 22.8 Å². The molecule has 0 atom stereocenters. The Hall–Kier alpha value is -3.07. The predicted molar refractivity (Wildman–Crippen MR) is 114 cm³/mol. The lowest BCUT2D eigenvalue weighted by Gasteiger charge is -2.04. The van der Waals surface area contributed by atoms with Crippen molar-refractivity contribution in [1.82, 2.24) is 5.32 Å². The molecule has 0 radical (unpaired) electrons. The average molecular weight is 361 g/mol. The first-order chi connectivity index (χ1) is 13.1. The quantitative estimate of drug-likeness (QED) is 0.625. The van der Waals surface area contributed by atoms with Gasteiger partial charge in [0.2, 0.25) is 0 Å². The van der Waals surface area contributed by atoms with Crippen LogP contribution in [0.1, 0.15) is 41.3 Å². The number of nitrogens with one attached hydrogen (secondary N) is 1. The van der Waals surface area contributed by atoms with E-state index in [1.54, 1.807) is 19.2 Å². The number of fused-ring (bicyclic) bond motifs is 1. The number of amides is 1. The molecule has 0 aliphatic carbocycles. The van der Waals surface area contributed by atoms with E-state index in [0.29, 0.717) is 11.3 Å². The molecule has 0 fully saturated rings. The van der Waals surface area contributed by atoms with Gasteiger partial charge in [0.15, 0.2) is 0 Å². The normalized spacial score (nSPS) is 10.5. The fourth-order valence-electron chi connectivity index (χ4n) is 2.76. The Bertz CT molecular complexity index is 929. The Kier molecular flexibility index (Phi) is 7.63. The van der Waals surface area contributed by atoms with Gasteiger partial charge in [-0.05, 0) is 42.3 Å². The van der Waals surface area contributed by atoms with E-state index in [2.05, 4.69) is 24.4 Å². The number of aromatic hydroxyl groups is 1. The van der Waals surface area contributed by atoms with Gasteiger partial charge in [0.25, 0.3) is 5.91 Å². The highest BCUT2D eigenvalue weighted by molar-refractivity contribution is 5.94. The van der Waals surface area contributed by atoms with Gasteiger partial charge in [-0.25, -0.2) is 0 Å². The van der Waals surface area contributed by atoms with Gasteiger partial charge in [0.1, 0.15) is 5.75 Å². The number of unbranched alkanes of at least 4 members (excludes halogenated alkanes) is 1. The molecule has 0 saturated carbocycles. The van der Waals surface area contributed by atoms with Crippen molar-refractivity contribution < 1.29 is 9.90 Å². The van der Waals surface area contributed by atoms with Crippen LogP contribution in [0.3, 0.4) is 0 Å². The molecule has 1 amide bonds. The van der Waals surface area contributed by atoms with Crippen molar-refractivity contribution in [3.8, 4) is 5.75 Å². The molecule has 0 spiro atoms. The number of phenolic OH excluding ortho intramolecular Hbond substituents is 1. The molecule has 0 saturated heterocycles. The van der Waals surface area contributed by atoms with Crippen LogP contribution >= 0.6 is 0 Å². The van der Waals surface area contributed by atoms with Gasteiger partial charge in [0, 0.05) is 18.2 Å². The Labute approximate surface area is 161 Å². The van der Waals surface area contributed by atoms with Crippen LogP contribution in [0.25, 0.3) is 16.8 Å². The summed E-state index contributed by atoms with van der Waals surface area (Å²) in [6, 6.07) is 19.3. The monoisotopic (exact) mass is 361 g/mol. The lowest BCUT2D eigenvalue weighted by atomic mass is 10.0. The summed E-state index contributed by atoms with van der Waals surface area (Å²) in [4.78, 5) is 11.1. The summed E-state index contributed by atoms with van der Waals surface area (Å²) in [5.74, 6) is 0.319. The van der Waals surface area contributed by atoms with E-state index in [1.165, 1.54) is 0 Å². The maximum absolute atomic E-state index is 11.1. The van der Waals surface area contributed by atoms with Crippen molar-refractivity contribution in [2.75, 3.05) is 7.05 Å². The summed E-state index contributed by atoms with van der Waals surface area (Å²) in [6.07, 6.45) is 6.30. The average Bonchev–Trinajstić information content (AvgIpc) is 2.69. The molecule has 0 aliphatic rings. The zero-order valence-electron chi connectivity index (χ0n) is 16.2. The molecule has 2 N–H and O–H groups in total. The van der Waals surface area contributed by atoms with Crippen molar-refractivity contribution in [3.05, 3.63) is 83.4 Å². The van der Waals surface area contributed by atoms with E-state index < -0.39 is 0 Å². The topological polar surface area (TPSA) is 49.3 Å². The van der Waals surface area contributed by atoms with Crippen LogP contribution in [0, 0.1) is 6.92 Å². The van der Waals surface area contributed by atoms with Crippen molar-refractivity contribution in [1.29, 1.82) is 0 Å². The third-order valence-corrected chi connectivity index (χ3v) is 4.19. The highest BCUT2D eigenvalue weighted by Gasteiger charge is 2.02. The molecule has 0 heterocycles. The van der Waals surface area contributed by atoms with Crippen LogP contribution in [0.15, 0.2) is 66.7 Å². The molecule has 27 heavy (non-hydrogen) atoms. The Balaban J connectivity index is 0.000000208. The molecule has 3 rings (SSSR count). The minimum atomic E-state index is -0.0336. The van der Waals surface area contributed by atoms with Gasteiger partial charge in [-0.2, -0.15) is 0 Å². The van der Waals surface area contributed by atoms with Crippen LogP contribution in [-0.4, -0.2) is 18.1 Å². The smallest absolute Gasteiger partial charge is 0.251 e. The van der Waals surface area contributed by atoms with Gasteiger partial charge in [-0.15, -0.1) is 0 Å². The lowest BCUT2D eigenvalue weighted by Crippen LogP contribution is -2.17. The highest BCUT2D eigenvalue weighted by Crippen LogP contribution is 2.28. The van der Waals surface area contributed by atoms with Crippen molar-refractivity contribution in [2.45, 2.75) is 26.7 Å². The molecule has 0 bridgehead atoms. The minimum Gasteiger partial charge on any atom is -0.507 e. The molecule has 3 aromatic rings. The number of rotatable bonds is 4. The van der Waals surface area contributed by atoms with E-state index in [0.717, 1.165) is 34.7 Å². The number of allylic oxidation sites excluding steroid dienone is 1. The third-order valence-electron chi connectivity index (χ3n) is 4.19. The van der Waals surface area contributed by atoms with Crippen LogP contribution < -0.4 is 5.32 Å². The first kappa shape index (κ1) is 20.2. The fraction of sp³-hybridized carbons (Fsp3) is 0.208. The summed E-state index contributed by atoms with van der Waals surface area (Å²) < 4.78 is 0. The van der Waals surface area contributed by atoms with E-state index in [1.807, 2.05) is 55.5 Å². The van der Waals surface area contributed by atoms with Gasteiger partial charge in [-0.1, -0.05) is 73.5 Å². The summed E-state index contributed by atoms with van der Waals surface area (Å²) in [5.41, 5.74) is 2.74. The molecular weight excluding hydrogens is 334 g/mol. The third kappa shape index (κ3) is 5.71. The molecule has 0 aromatic heterocycles. The summed E-state index contributed by atoms with van der Waals surface area (Å²) >= 11 is 0. The molecule has 3 nitrogen and oxygen atoms in total. The zero-order valence-corrected chi connectivity index (χ0v) is 16.2. The van der Waals surface area contributed by atoms with E-state index >= 15 is 0 Å². The van der Waals surface area contributed by atoms with Crippen LogP contribution in [0.4, 0.5) is 0 Å². The number of carbonyl (C=O) groups is 1. The Morgan fingerprint density at radius 2 is 1.85 bits per heavy atom. The number of carbonyl (C=O) groups excluding carboxylic acids is 1. The van der Waals surface area contributed by atoms with Crippen molar-refractivity contribution in [2.24, 2.45) is 0 Å². The summed E-state index contributed by atoms with van der Waals surface area (Å²) in [7, 11) is 1.63. The number of phenols is 1. The molecular formula is C24H27NO2. The number of benzene rings is 3. The standard InChI is InChI=1S/C15H16O.C9H11NO/c1-2-3-4-9-14-13-8-6-5-7-12(13)10-11-15(14)16;1-7-4-3-5-8(6-7)9(11)10-2/h4-11,16H,2-3H2,1H3;3-6H,1-2H3,(H,10,11)/b9-4+;. The minimum absolute atomic E-state index is 0.0336. The van der Waals surface area contributed by atoms with E-state index in [9.17, 15) is 9.90 Å². The Morgan fingerprint density at radius 3 is 2.56 bits per heavy atom. The van der Waals surface area contributed by atoms with E-state index in [-0.39, 0.29) is 5.91 Å². The maximum atomic E-state index is 11.1. The number of hydrogen-bond donors (Lipinski definition) is 2. The van der Waals surface area contributed by atoms with Gasteiger partial charge < -0.3 is 10.4 Å². The van der Waals surface area contributed by atoms with Crippen LogP contribution in [-0.2, 0) is 0 Å². The second-order valence-corrected chi connectivity index (χ2v) is 6.36.